The van der Waals surface area contributed by atoms with Gasteiger partial charge in [-0.1, -0.05) is 12.8 Å². The maximum atomic E-state index is 12.1. The topological polar surface area (TPSA) is 89.3 Å². The fourth-order valence-electron chi connectivity index (χ4n) is 3.07. The monoisotopic (exact) mass is 338 g/mol. The van der Waals surface area contributed by atoms with Gasteiger partial charge in [-0.05, 0) is 38.5 Å². The number of halogens is 1. The van der Waals surface area contributed by atoms with E-state index in [2.05, 4.69) is 5.32 Å². The van der Waals surface area contributed by atoms with Crippen LogP contribution in [0, 0.1) is 5.92 Å². The lowest BCUT2D eigenvalue weighted by molar-refractivity contribution is -0.122. The van der Waals surface area contributed by atoms with Gasteiger partial charge in [0.2, 0.25) is 5.91 Å². The number of nitrogens with two attached hydrogens (primary N) is 1. The lowest BCUT2D eigenvalue weighted by Crippen LogP contribution is -2.53. The van der Waals surface area contributed by atoms with Gasteiger partial charge in [-0.2, -0.15) is 0 Å². The minimum absolute atomic E-state index is 0. The SMILES string of the molecule is CC(CN)(NC(=O)CCS(=O)(=O)C1CCCC1)C1CC1.Cl. The highest BCUT2D eigenvalue weighted by molar-refractivity contribution is 7.92. The Morgan fingerprint density at radius 2 is 1.81 bits per heavy atom. The van der Waals surface area contributed by atoms with E-state index in [1.54, 1.807) is 0 Å². The average Bonchev–Trinajstić information content (AvgIpc) is 3.12. The second-order valence-electron chi connectivity index (χ2n) is 6.47. The third-order valence-corrected chi connectivity index (χ3v) is 7.01. The van der Waals surface area contributed by atoms with Crippen LogP contribution >= 0.6 is 12.4 Å². The molecule has 0 aromatic carbocycles. The summed E-state index contributed by atoms with van der Waals surface area (Å²) in [7, 11) is -3.11. The molecule has 3 N–H and O–H groups in total. The fraction of sp³-hybridized carbons (Fsp3) is 0.929. The molecule has 0 spiro atoms. The Kier molecular flexibility index (Phi) is 6.50. The van der Waals surface area contributed by atoms with Crippen LogP contribution in [0.25, 0.3) is 0 Å². The summed E-state index contributed by atoms with van der Waals surface area (Å²) in [6.07, 6.45) is 5.73. The van der Waals surface area contributed by atoms with E-state index >= 15 is 0 Å². The third kappa shape index (κ3) is 4.83. The molecule has 0 heterocycles. The molecule has 0 saturated heterocycles. The highest BCUT2D eigenvalue weighted by atomic mass is 35.5. The van der Waals surface area contributed by atoms with E-state index in [1.807, 2.05) is 6.92 Å². The summed E-state index contributed by atoms with van der Waals surface area (Å²) in [5.74, 6) is 0.226. The van der Waals surface area contributed by atoms with Crippen LogP contribution in [-0.2, 0) is 14.6 Å². The molecule has 124 valence electrons. The van der Waals surface area contributed by atoms with Gasteiger partial charge in [0.15, 0.2) is 9.84 Å². The molecule has 0 bridgehead atoms. The first-order chi connectivity index (χ1) is 9.37. The zero-order valence-corrected chi connectivity index (χ0v) is 14.3. The summed E-state index contributed by atoms with van der Waals surface area (Å²) in [6, 6.07) is 0. The van der Waals surface area contributed by atoms with Crippen molar-refractivity contribution in [2.24, 2.45) is 11.7 Å². The van der Waals surface area contributed by atoms with E-state index < -0.39 is 9.84 Å². The van der Waals surface area contributed by atoms with Gasteiger partial charge in [-0.15, -0.1) is 12.4 Å². The average molecular weight is 339 g/mol. The molecule has 2 aliphatic rings. The second-order valence-corrected chi connectivity index (χ2v) is 8.87. The van der Waals surface area contributed by atoms with Crippen molar-refractivity contribution in [2.45, 2.75) is 62.7 Å². The Morgan fingerprint density at radius 1 is 1.24 bits per heavy atom. The summed E-state index contributed by atoms with van der Waals surface area (Å²) >= 11 is 0. The van der Waals surface area contributed by atoms with Gasteiger partial charge >= 0.3 is 0 Å². The third-order valence-electron chi connectivity index (χ3n) is 4.75. The predicted molar refractivity (Wildman–Crippen MR) is 86.2 cm³/mol. The molecule has 5 nitrogen and oxygen atoms in total. The van der Waals surface area contributed by atoms with Gasteiger partial charge in [0.25, 0.3) is 0 Å². The Bertz CT molecular complexity index is 459. The zero-order valence-electron chi connectivity index (χ0n) is 12.6. The van der Waals surface area contributed by atoms with Gasteiger partial charge in [-0.25, -0.2) is 8.42 Å². The molecule has 0 aromatic heterocycles. The number of rotatable bonds is 7. The molecule has 2 aliphatic carbocycles. The molecule has 2 rings (SSSR count). The Morgan fingerprint density at radius 3 is 2.29 bits per heavy atom. The lowest BCUT2D eigenvalue weighted by Gasteiger charge is -2.29. The first-order valence-electron chi connectivity index (χ1n) is 7.60. The largest absolute Gasteiger partial charge is 0.349 e. The molecule has 21 heavy (non-hydrogen) atoms. The van der Waals surface area contributed by atoms with E-state index in [0.717, 1.165) is 38.5 Å². The minimum Gasteiger partial charge on any atom is -0.349 e. The summed E-state index contributed by atoms with van der Waals surface area (Å²) in [6.45, 7) is 2.35. The molecule has 0 radical (unpaired) electrons. The number of amides is 1. The van der Waals surface area contributed by atoms with E-state index in [9.17, 15) is 13.2 Å². The van der Waals surface area contributed by atoms with E-state index in [0.29, 0.717) is 12.5 Å². The van der Waals surface area contributed by atoms with Crippen molar-refractivity contribution in [3.05, 3.63) is 0 Å². The zero-order chi connectivity index (χ0) is 14.8. The number of hydrogen-bond acceptors (Lipinski definition) is 4. The normalized spacial score (nSPS) is 22.4. The first kappa shape index (κ1) is 18.7. The molecule has 7 heteroatoms. The summed E-state index contributed by atoms with van der Waals surface area (Å²) < 4.78 is 24.2. The Balaban J connectivity index is 0.00000220. The molecule has 1 amide bonds. The van der Waals surface area contributed by atoms with Crippen LogP contribution in [-0.4, -0.2) is 37.4 Å². The lowest BCUT2D eigenvalue weighted by atomic mass is 9.96. The van der Waals surface area contributed by atoms with E-state index in [1.165, 1.54) is 0 Å². The molecule has 1 unspecified atom stereocenters. The van der Waals surface area contributed by atoms with Crippen molar-refractivity contribution < 1.29 is 13.2 Å². The van der Waals surface area contributed by atoms with Crippen molar-refractivity contribution >= 4 is 28.2 Å². The molecular weight excluding hydrogens is 312 g/mol. The van der Waals surface area contributed by atoms with Crippen LogP contribution in [0.4, 0.5) is 0 Å². The maximum absolute atomic E-state index is 12.1. The highest BCUT2D eigenvalue weighted by Gasteiger charge is 2.41. The van der Waals surface area contributed by atoms with Gasteiger partial charge in [0.05, 0.1) is 16.5 Å². The van der Waals surface area contributed by atoms with Gasteiger partial charge in [-0.3, -0.25) is 4.79 Å². The van der Waals surface area contributed by atoms with Crippen LogP contribution in [0.1, 0.15) is 51.9 Å². The minimum atomic E-state index is -3.11. The first-order valence-corrected chi connectivity index (χ1v) is 9.31. The van der Waals surface area contributed by atoms with Crippen molar-refractivity contribution in [3.8, 4) is 0 Å². The van der Waals surface area contributed by atoms with Crippen LogP contribution in [0.5, 0.6) is 0 Å². The highest BCUT2D eigenvalue weighted by Crippen LogP contribution is 2.39. The summed E-state index contributed by atoms with van der Waals surface area (Å²) in [5.41, 5.74) is 5.38. The van der Waals surface area contributed by atoms with Gasteiger partial charge < -0.3 is 11.1 Å². The van der Waals surface area contributed by atoms with Crippen molar-refractivity contribution in [1.82, 2.24) is 5.32 Å². The smallest absolute Gasteiger partial charge is 0.221 e. The summed E-state index contributed by atoms with van der Waals surface area (Å²) in [4.78, 5) is 12.0. The predicted octanol–water partition coefficient (Wildman–Crippen LogP) is 1.40. The second kappa shape index (κ2) is 7.29. The Labute approximate surface area is 133 Å². The van der Waals surface area contributed by atoms with Crippen LogP contribution < -0.4 is 11.1 Å². The number of hydrogen-bond donors (Lipinski definition) is 2. The molecule has 2 fully saturated rings. The summed E-state index contributed by atoms with van der Waals surface area (Å²) in [5, 5.41) is 2.72. The van der Waals surface area contributed by atoms with Crippen molar-refractivity contribution in [1.29, 1.82) is 0 Å². The van der Waals surface area contributed by atoms with E-state index in [4.69, 9.17) is 5.73 Å². The molecule has 1 atom stereocenters. The molecule has 2 saturated carbocycles. The fourth-order valence-corrected chi connectivity index (χ4v) is 4.93. The van der Waals surface area contributed by atoms with Crippen LogP contribution in [0.15, 0.2) is 0 Å². The van der Waals surface area contributed by atoms with Crippen molar-refractivity contribution in [3.63, 3.8) is 0 Å². The number of nitrogens with one attached hydrogen (secondary N) is 1. The number of carbonyl (C=O) groups is 1. The standard InChI is InChI=1S/C14H26N2O3S.ClH/c1-14(10-15,11-6-7-11)16-13(17)8-9-20(18,19)12-4-2-3-5-12;/h11-12H,2-10,15H2,1H3,(H,16,17);1H. The van der Waals surface area contributed by atoms with Crippen molar-refractivity contribution in [2.75, 3.05) is 12.3 Å². The van der Waals surface area contributed by atoms with Crippen LogP contribution in [0.2, 0.25) is 0 Å². The Hall–Kier alpha value is -0.330. The van der Waals surface area contributed by atoms with Gasteiger partial charge in [0, 0.05) is 13.0 Å². The number of carbonyl (C=O) groups excluding carboxylic acids is 1. The molecule has 0 aliphatic heterocycles. The molecule has 0 aromatic rings. The molecular formula is C14H27ClN2O3S. The van der Waals surface area contributed by atoms with E-state index in [-0.39, 0.29) is 41.3 Å². The maximum Gasteiger partial charge on any atom is 0.221 e. The van der Waals surface area contributed by atoms with Gasteiger partial charge in [0.1, 0.15) is 0 Å². The van der Waals surface area contributed by atoms with Crippen LogP contribution in [0.3, 0.4) is 0 Å². The quantitative estimate of drug-likeness (QED) is 0.734. The number of sulfone groups is 1.